The molecule has 168 valence electrons. The van der Waals surface area contributed by atoms with E-state index in [1.807, 2.05) is 19.9 Å². The van der Waals surface area contributed by atoms with Crippen molar-refractivity contribution < 1.29 is 13.2 Å². The lowest BCUT2D eigenvalue weighted by molar-refractivity contribution is -0.115. The normalized spacial score (nSPS) is 12.3. The number of nitrogens with one attached hydrogen (secondary N) is 1. The number of nitrogens with zero attached hydrogens (tertiary/aromatic N) is 6. The number of rotatable bonds is 8. The number of carbonyl (C=O) groups is 1. The predicted octanol–water partition coefficient (Wildman–Crippen LogP) is 2.21. The minimum absolute atomic E-state index is 0.218. The van der Waals surface area contributed by atoms with E-state index in [2.05, 4.69) is 20.6 Å². The molecular formula is C20H23N7O3S2. The number of thioether (sulfide) groups is 1. The van der Waals surface area contributed by atoms with Crippen LogP contribution in [0.25, 0.3) is 0 Å². The van der Waals surface area contributed by atoms with Crippen LogP contribution >= 0.6 is 11.8 Å². The maximum absolute atomic E-state index is 12.8. The summed E-state index contributed by atoms with van der Waals surface area (Å²) in [7, 11) is -0.287. The van der Waals surface area contributed by atoms with Crippen molar-refractivity contribution >= 4 is 33.3 Å². The van der Waals surface area contributed by atoms with Crippen molar-refractivity contribution in [3.63, 3.8) is 0 Å². The van der Waals surface area contributed by atoms with Gasteiger partial charge in [-0.1, -0.05) is 36.4 Å². The Balaban J connectivity index is 1.75. The predicted molar refractivity (Wildman–Crippen MR) is 120 cm³/mol. The highest BCUT2D eigenvalue weighted by Gasteiger charge is 2.25. The van der Waals surface area contributed by atoms with E-state index >= 15 is 0 Å². The molecule has 3 aromatic rings. The summed E-state index contributed by atoms with van der Waals surface area (Å²) in [5.74, 6) is -0.0144. The van der Waals surface area contributed by atoms with Crippen LogP contribution in [-0.2, 0) is 34.5 Å². The second-order valence-electron chi connectivity index (χ2n) is 7.18. The van der Waals surface area contributed by atoms with Crippen LogP contribution in [0.15, 0.2) is 40.5 Å². The fraction of sp³-hybridized carbons (Fsp3) is 0.350. The molecule has 0 saturated carbocycles. The third-order valence-corrected chi connectivity index (χ3v) is 7.86. The van der Waals surface area contributed by atoms with Crippen molar-refractivity contribution in [3.05, 3.63) is 47.4 Å². The van der Waals surface area contributed by atoms with Crippen molar-refractivity contribution in [1.29, 1.82) is 5.26 Å². The minimum Gasteiger partial charge on any atom is -0.309 e. The van der Waals surface area contributed by atoms with Gasteiger partial charge in [-0.3, -0.25) is 9.48 Å². The van der Waals surface area contributed by atoms with E-state index in [0.29, 0.717) is 17.4 Å². The van der Waals surface area contributed by atoms with Crippen LogP contribution in [0.5, 0.6) is 0 Å². The first-order chi connectivity index (χ1) is 15.2. The third kappa shape index (κ3) is 5.00. The Hall–Kier alpha value is -3.17. The smallest absolute Gasteiger partial charge is 0.239 e. The van der Waals surface area contributed by atoms with Gasteiger partial charge in [-0.15, -0.1) is 10.2 Å². The van der Waals surface area contributed by atoms with Gasteiger partial charge in [-0.25, -0.2) is 8.42 Å². The molecule has 0 spiro atoms. The number of nitriles is 1. The fourth-order valence-corrected chi connectivity index (χ4v) is 5.13. The Morgan fingerprint density at radius 2 is 1.94 bits per heavy atom. The maximum atomic E-state index is 12.8. The lowest BCUT2D eigenvalue weighted by Gasteiger charge is -2.14. The molecule has 12 heteroatoms. The number of hydrogen-bond donors (Lipinski definition) is 1. The van der Waals surface area contributed by atoms with Gasteiger partial charge in [0.25, 0.3) is 0 Å². The number of sulfone groups is 1. The number of amides is 1. The van der Waals surface area contributed by atoms with Gasteiger partial charge in [-0.2, -0.15) is 10.4 Å². The van der Waals surface area contributed by atoms with Gasteiger partial charge in [0.05, 0.1) is 16.3 Å². The van der Waals surface area contributed by atoms with Crippen LogP contribution < -0.4 is 5.32 Å². The van der Waals surface area contributed by atoms with Gasteiger partial charge >= 0.3 is 0 Å². The number of hydrogen-bond acceptors (Lipinski definition) is 8. The van der Waals surface area contributed by atoms with Gasteiger partial charge in [0.1, 0.15) is 29.0 Å². The van der Waals surface area contributed by atoms with Crippen LogP contribution in [0.2, 0.25) is 0 Å². The standard InChI is InChI=1S/C20H23N7O3S2/c1-5-16(19(28)23-18-14(10-21)11-22-27(18)4)31-20-25-24-17(26(20)3)12-32(29,30)15-8-6-13(2)7-9-15/h6-9,11,16H,5,12H2,1-4H3,(H,23,28). The Labute approximate surface area is 190 Å². The number of anilines is 1. The third-order valence-electron chi connectivity index (χ3n) is 4.84. The summed E-state index contributed by atoms with van der Waals surface area (Å²) >= 11 is 1.18. The van der Waals surface area contributed by atoms with Gasteiger partial charge in [0.15, 0.2) is 15.0 Å². The summed E-state index contributed by atoms with van der Waals surface area (Å²) in [5, 5.41) is 23.9. The first kappa shape index (κ1) is 23.5. The van der Waals surface area contributed by atoms with E-state index in [1.54, 1.807) is 42.9 Å². The fourth-order valence-electron chi connectivity index (χ4n) is 2.89. The van der Waals surface area contributed by atoms with E-state index < -0.39 is 15.1 Å². The van der Waals surface area contributed by atoms with Crippen molar-refractivity contribution in [1.82, 2.24) is 24.5 Å². The molecule has 0 bridgehead atoms. The van der Waals surface area contributed by atoms with Crippen LogP contribution in [0.4, 0.5) is 5.82 Å². The molecular weight excluding hydrogens is 450 g/mol. The lowest BCUT2D eigenvalue weighted by atomic mass is 10.2. The van der Waals surface area contributed by atoms with E-state index in [-0.39, 0.29) is 27.9 Å². The highest BCUT2D eigenvalue weighted by molar-refractivity contribution is 8.00. The SMILES string of the molecule is CCC(Sc1nnc(CS(=O)(=O)c2ccc(C)cc2)n1C)C(=O)Nc1c(C#N)cnn1C. The van der Waals surface area contributed by atoms with Gasteiger partial charge in [0.2, 0.25) is 5.91 Å². The molecule has 1 unspecified atom stereocenters. The maximum Gasteiger partial charge on any atom is 0.239 e. The minimum atomic E-state index is -3.59. The molecule has 1 amide bonds. The Morgan fingerprint density at radius 1 is 1.25 bits per heavy atom. The Kier molecular flexibility index (Phi) is 7.00. The highest BCUT2D eigenvalue weighted by Crippen LogP contribution is 2.27. The van der Waals surface area contributed by atoms with Crippen LogP contribution in [0, 0.1) is 18.3 Å². The molecule has 0 aliphatic carbocycles. The molecule has 0 radical (unpaired) electrons. The first-order valence-corrected chi connectivity index (χ1v) is 12.3. The molecule has 0 aliphatic rings. The van der Waals surface area contributed by atoms with Crippen molar-refractivity contribution in [3.8, 4) is 6.07 Å². The van der Waals surface area contributed by atoms with Crippen molar-refractivity contribution in [2.24, 2.45) is 14.1 Å². The van der Waals surface area contributed by atoms with Crippen molar-refractivity contribution in [2.75, 3.05) is 5.32 Å². The van der Waals surface area contributed by atoms with Gasteiger partial charge in [-0.05, 0) is 25.5 Å². The highest BCUT2D eigenvalue weighted by atomic mass is 32.2. The van der Waals surface area contributed by atoms with E-state index in [1.165, 1.54) is 22.6 Å². The molecule has 0 fully saturated rings. The van der Waals surface area contributed by atoms with Gasteiger partial charge in [0, 0.05) is 14.1 Å². The van der Waals surface area contributed by atoms with Crippen molar-refractivity contribution in [2.45, 2.75) is 41.3 Å². The largest absolute Gasteiger partial charge is 0.309 e. The van der Waals surface area contributed by atoms with E-state index in [9.17, 15) is 18.5 Å². The molecule has 10 nitrogen and oxygen atoms in total. The summed E-state index contributed by atoms with van der Waals surface area (Å²) in [4.78, 5) is 13.0. The van der Waals surface area contributed by atoms with Crippen LogP contribution in [-0.4, -0.2) is 44.1 Å². The summed E-state index contributed by atoms with van der Waals surface area (Å²) in [6.07, 6.45) is 1.87. The zero-order chi connectivity index (χ0) is 23.5. The van der Waals surface area contributed by atoms with Gasteiger partial charge < -0.3 is 9.88 Å². The average Bonchev–Trinajstić information content (AvgIpc) is 3.28. The second kappa shape index (κ2) is 9.54. The zero-order valence-corrected chi connectivity index (χ0v) is 19.7. The van der Waals surface area contributed by atoms with E-state index in [0.717, 1.165) is 5.56 Å². The lowest BCUT2D eigenvalue weighted by Crippen LogP contribution is -2.26. The second-order valence-corrected chi connectivity index (χ2v) is 10.3. The molecule has 0 aliphatic heterocycles. The molecule has 1 aromatic carbocycles. The van der Waals surface area contributed by atoms with Crippen LogP contribution in [0.1, 0.15) is 30.3 Å². The monoisotopic (exact) mass is 473 g/mol. The Morgan fingerprint density at radius 3 is 2.56 bits per heavy atom. The first-order valence-electron chi connectivity index (χ1n) is 9.73. The number of benzene rings is 1. The zero-order valence-electron chi connectivity index (χ0n) is 18.1. The molecule has 0 saturated heterocycles. The number of aryl methyl sites for hydroxylation is 2. The molecule has 1 N–H and O–H groups in total. The average molecular weight is 474 g/mol. The van der Waals surface area contributed by atoms with Crippen LogP contribution in [0.3, 0.4) is 0 Å². The van der Waals surface area contributed by atoms with E-state index in [4.69, 9.17) is 0 Å². The molecule has 2 aromatic heterocycles. The topological polar surface area (TPSA) is 136 Å². The molecule has 2 heterocycles. The molecule has 3 rings (SSSR count). The quantitative estimate of drug-likeness (QED) is 0.492. The summed E-state index contributed by atoms with van der Waals surface area (Å²) < 4.78 is 28.5. The summed E-state index contributed by atoms with van der Waals surface area (Å²) in [5.41, 5.74) is 1.24. The molecule has 32 heavy (non-hydrogen) atoms. The summed E-state index contributed by atoms with van der Waals surface area (Å²) in [6.45, 7) is 3.74. The molecule has 1 atom stereocenters. The summed E-state index contributed by atoms with van der Waals surface area (Å²) in [6, 6.07) is 8.62. The number of aromatic nitrogens is 5. The number of carbonyl (C=O) groups excluding carboxylic acids is 1. The Bertz CT molecular complexity index is 1270.